The highest BCUT2D eigenvalue weighted by molar-refractivity contribution is 7.99. The van der Waals surface area contributed by atoms with Crippen molar-refractivity contribution in [3.63, 3.8) is 0 Å². The van der Waals surface area contributed by atoms with Crippen LogP contribution in [0.25, 0.3) is 11.3 Å². The lowest BCUT2D eigenvalue weighted by molar-refractivity contribution is -0.113. The summed E-state index contributed by atoms with van der Waals surface area (Å²) in [5.41, 5.74) is 6.46. The van der Waals surface area contributed by atoms with Crippen LogP contribution in [-0.4, -0.2) is 30.0 Å². The van der Waals surface area contributed by atoms with Crippen LogP contribution in [-0.2, 0) is 21.4 Å². The van der Waals surface area contributed by atoms with Crippen molar-refractivity contribution in [3.8, 4) is 11.3 Å². The normalized spacial score (nSPS) is 13.5. The number of thioether (sulfide) groups is 1. The van der Waals surface area contributed by atoms with E-state index in [0.717, 1.165) is 27.9 Å². The molecule has 0 aliphatic carbocycles. The second kappa shape index (κ2) is 9.99. The number of hydrogen-bond donors (Lipinski definition) is 1. The molecular weight excluding hydrogens is 504 g/mol. The van der Waals surface area contributed by atoms with Gasteiger partial charge in [0.2, 0.25) is 5.91 Å². The van der Waals surface area contributed by atoms with Gasteiger partial charge in [-0.1, -0.05) is 66.4 Å². The molecule has 0 unspecified atom stereocenters. The number of hydrogen-bond acceptors (Lipinski definition) is 6. The zero-order valence-electron chi connectivity index (χ0n) is 20.7. The fourth-order valence-electron chi connectivity index (χ4n) is 4.26. The van der Waals surface area contributed by atoms with Gasteiger partial charge < -0.3 is 5.32 Å². The largest absolute Gasteiger partial charge is 0.325 e. The molecule has 0 saturated carbocycles. The number of anilines is 2. The molecule has 0 fully saturated rings. The Morgan fingerprint density at radius 3 is 2.49 bits per heavy atom. The number of aromatic nitrogens is 2. The Hall–Kier alpha value is -3.69. The Morgan fingerprint density at radius 2 is 1.68 bits per heavy atom. The molecule has 9 heteroatoms. The number of carbonyl (C=O) groups excluding carboxylic acids is 1. The van der Waals surface area contributed by atoms with Gasteiger partial charge >= 0.3 is 0 Å². The van der Waals surface area contributed by atoms with Crippen LogP contribution in [0.4, 0.5) is 11.4 Å². The van der Waals surface area contributed by atoms with E-state index >= 15 is 0 Å². The third-order valence-corrected chi connectivity index (χ3v) is 9.14. The Labute approximate surface area is 221 Å². The van der Waals surface area contributed by atoms with Gasteiger partial charge in [-0.3, -0.25) is 9.10 Å². The van der Waals surface area contributed by atoms with E-state index in [4.69, 9.17) is 0 Å². The first-order valence-electron chi connectivity index (χ1n) is 11.8. The fourth-order valence-corrected chi connectivity index (χ4v) is 6.43. The van der Waals surface area contributed by atoms with Crippen LogP contribution in [0.3, 0.4) is 0 Å². The maximum atomic E-state index is 13.7. The number of benzene rings is 3. The third-order valence-electron chi connectivity index (χ3n) is 6.52. The van der Waals surface area contributed by atoms with Crippen molar-refractivity contribution in [1.29, 1.82) is 0 Å². The number of nitrogens with zero attached hydrogens (tertiary/aromatic N) is 3. The Kier molecular flexibility index (Phi) is 6.74. The number of carbonyl (C=O) groups is 1. The minimum Gasteiger partial charge on any atom is -0.325 e. The molecule has 0 atom stereocenters. The van der Waals surface area contributed by atoms with E-state index in [9.17, 15) is 13.2 Å². The fraction of sp³-hybridized carbons (Fsp3) is 0.179. The lowest BCUT2D eigenvalue weighted by atomic mass is 10.1. The van der Waals surface area contributed by atoms with Gasteiger partial charge in [0.25, 0.3) is 10.0 Å². The van der Waals surface area contributed by atoms with Gasteiger partial charge in [-0.25, -0.2) is 18.4 Å². The lowest BCUT2D eigenvalue weighted by Crippen LogP contribution is -2.34. The van der Waals surface area contributed by atoms with Crippen molar-refractivity contribution in [1.82, 2.24) is 9.97 Å². The van der Waals surface area contributed by atoms with E-state index in [-0.39, 0.29) is 23.1 Å². The second-order valence-electron chi connectivity index (χ2n) is 8.91. The molecule has 4 aromatic rings. The van der Waals surface area contributed by atoms with Crippen LogP contribution >= 0.6 is 11.8 Å². The van der Waals surface area contributed by atoms with Gasteiger partial charge in [0.1, 0.15) is 4.90 Å². The maximum absolute atomic E-state index is 13.7. The van der Waals surface area contributed by atoms with Gasteiger partial charge in [-0.2, -0.15) is 0 Å². The predicted molar refractivity (Wildman–Crippen MR) is 147 cm³/mol. The van der Waals surface area contributed by atoms with E-state index in [0.29, 0.717) is 22.1 Å². The average Bonchev–Trinajstić information content (AvgIpc) is 2.89. The maximum Gasteiger partial charge on any atom is 0.268 e. The highest BCUT2D eigenvalue weighted by Gasteiger charge is 2.36. The van der Waals surface area contributed by atoms with Crippen LogP contribution in [0, 0.1) is 20.8 Å². The van der Waals surface area contributed by atoms with E-state index in [1.807, 2.05) is 81.4 Å². The summed E-state index contributed by atoms with van der Waals surface area (Å²) in [6.45, 7) is 6.13. The van der Waals surface area contributed by atoms with Gasteiger partial charge in [-0.05, 0) is 55.2 Å². The molecule has 1 aliphatic rings. The molecule has 0 spiro atoms. The summed E-state index contributed by atoms with van der Waals surface area (Å²) in [5.74, 6) is -0.0857. The first-order valence-corrected chi connectivity index (χ1v) is 14.2. The summed E-state index contributed by atoms with van der Waals surface area (Å²) in [5, 5.41) is 3.27. The molecule has 1 N–H and O–H groups in total. The molecule has 3 aromatic carbocycles. The number of fused-ring (bicyclic) bond motifs is 3. The van der Waals surface area contributed by atoms with Crippen molar-refractivity contribution in [2.24, 2.45) is 0 Å². The molecular formula is C28H26N4O3S2. The summed E-state index contributed by atoms with van der Waals surface area (Å²) in [6, 6.07) is 20.8. The topological polar surface area (TPSA) is 92.3 Å². The van der Waals surface area contributed by atoms with Gasteiger partial charge in [0.15, 0.2) is 5.16 Å². The zero-order valence-corrected chi connectivity index (χ0v) is 22.4. The van der Waals surface area contributed by atoms with Crippen LogP contribution < -0.4 is 9.62 Å². The summed E-state index contributed by atoms with van der Waals surface area (Å²) in [6.07, 6.45) is 1.35. The molecule has 7 nitrogen and oxygen atoms in total. The van der Waals surface area contributed by atoms with Gasteiger partial charge in [-0.15, -0.1) is 0 Å². The first-order chi connectivity index (χ1) is 17.8. The van der Waals surface area contributed by atoms with Crippen LogP contribution in [0.2, 0.25) is 0 Å². The summed E-state index contributed by atoms with van der Waals surface area (Å²) in [7, 11) is -3.89. The average molecular weight is 531 g/mol. The molecule has 5 rings (SSSR count). The van der Waals surface area contributed by atoms with Crippen molar-refractivity contribution in [3.05, 3.63) is 95.2 Å². The summed E-state index contributed by atoms with van der Waals surface area (Å²) in [4.78, 5) is 21.5. The van der Waals surface area contributed by atoms with E-state index in [1.165, 1.54) is 22.3 Å². The molecule has 1 aliphatic heterocycles. The smallest absolute Gasteiger partial charge is 0.268 e. The highest BCUT2D eigenvalue weighted by atomic mass is 32.2. The van der Waals surface area contributed by atoms with E-state index < -0.39 is 10.0 Å². The van der Waals surface area contributed by atoms with E-state index in [1.54, 1.807) is 6.07 Å². The summed E-state index contributed by atoms with van der Waals surface area (Å²) < 4.78 is 28.8. The monoisotopic (exact) mass is 530 g/mol. The number of amides is 1. The number of para-hydroxylation sites is 1. The number of sulfonamides is 1. The van der Waals surface area contributed by atoms with Crippen molar-refractivity contribution in [2.75, 3.05) is 15.4 Å². The summed E-state index contributed by atoms with van der Waals surface area (Å²) >= 11 is 1.17. The van der Waals surface area contributed by atoms with Crippen molar-refractivity contribution < 1.29 is 13.2 Å². The van der Waals surface area contributed by atoms with Crippen LogP contribution in [0.5, 0.6) is 0 Å². The standard InChI is InChI=1S/C28H26N4O3S2/c1-18-10-8-13-23(20(18)3)30-26(33)17-36-28-29-15-25-27(31-28)22-12-6-7-14-24(22)32(37(25,34)35)16-21-11-5-4-9-19(21)2/h4-15H,16-17H2,1-3H3,(H,30,33). The molecule has 188 valence electrons. The predicted octanol–water partition coefficient (Wildman–Crippen LogP) is 5.51. The SMILES string of the molecule is Cc1ccccc1CN1c2ccccc2-c2nc(SCC(=O)Nc3cccc(C)c3C)ncc2S1(=O)=O. The Balaban J connectivity index is 1.42. The zero-order chi connectivity index (χ0) is 26.2. The molecule has 37 heavy (non-hydrogen) atoms. The van der Waals surface area contributed by atoms with Crippen molar-refractivity contribution in [2.45, 2.75) is 37.4 Å². The van der Waals surface area contributed by atoms with Crippen LogP contribution in [0.1, 0.15) is 22.3 Å². The third kappa shape index (κ3) is 4.84. The molecule has 0 saturated heterocycles. The van der Waals surface area contributed by atoms with E-state index in [2.05, 4.69) is 15.3 Å². The molecule has 0 bridgehead atoms. The first kappa shape index (κ1) is 25.0. The minimum absolute atomic E-state index is 0.0592. The number of rotatable bonds is 6. The van der Waals surface area contributed by atoms with Gasteiger partial charge in [0, 0.05) is 11.3 Å². The minimum atomic E-state index is -3.89. The second-order valence-corrected chi connectivity index (χ2v) is 11.7. The van der Waals surface area contributed by atoms with Crippen molar-refractivity contribution >= 4 is 39.1 Å². The molecule has 0 radical (unpaired) electrons. The molecule has 1 aromatic heterocycles. The quantitative estimate of drug-likeness (QED) is 0.261. The Bertz CT molecular complexity index is 1620. The molecule has 1 amide bonds. The van der Waals surface area contributed by atoms with Crippen LogP contribution in [0.15, 0.2) is 83.0 Å². The number of nitrogens with one attached hydrogen (secondary N) is 1. The Morgan fingerprint density at radius 1 is 0.946 bits per heavy atom. The van der Waals surface area contributed by atoms with Gasteiger partial charge in [0.05, 0.1) is 29.9 Å². The lowest BCUT2D eigenvalue weighted by Gasteiger charge is -2.31. The highest BCUT2D eigenvalue weighted by Crippen LogP contribution is 2.43. The molecule has 2 heterocycles. The number of aryl methyl sites for hydroxylation is 2.